The predicted octanol–water partition coefficient (Wildman–Crippen LogP) is 3.58. The Kier molecular flexibility index (Phi) is 7.38. The number of anilines is 1. The molecule has 9 heteroatoms. The highest BCUT2D eigenvalue weighted by Gasteiger charge is 2.35. The Morgan fingerprint density at radius 1 is 1.03 bits per heavy atom. The van der Waals surface area contributed by atoms with Crippen molar-refractivity contribution in [1.82, 2.24) is 14.8 Å². The van der Waals surface area contributed by atoms with Crippen molar-refractivity contribution >= 4 is 38.6 Å². The topological polar surface area (TPSA) is 75.2 Å². The minimum Gasteiger partial charge on any atom is -0.497 e. The molecule has 8 nitrogen and oxygen atoms in total. The van der Waals surface area contributed by atoms with Gasteiger partial charge in [-0.2, -0.15) is 0 Å². The van der Waals surface area contributed by atoms with Crippen LogP contribution >= 0.6 is 11.3 Å². The van der Waals surface area contributed by atoms with E-state index in [4.69, 9.17) is 14.5 Å². The first-order chi connectivity index (χ1) is 17.6. The van der Waals surface area contributed by atoms with Crippen molar-refractivity contribution in [2.75, 3.05) is 58.4 Å². The third kappa shape index (κ3) is 5.03. The highest BCUT2D eigenvalue weighted by atomic mass is 32.1. The minimum atomic E-state index is -0.448. The SMILES string of the molecule is COC(=O)C(c1ccccc1)N1CCN(C(=O)C2CCCN(c3nc4ccc(OC)cc4s3)C2)CC1. The monoisotopic (exact) mass is 508 g/mol. The van der Waals surface area contributed by atoms with Gasteiger partial charge in [0.2, 0.25) is 5.91 Å². The fourth-order valence-corrected chi connectivity index (χ4v) is 6.24. The number of carbonyl (C=O) groups is 2. The Hall–Kier alpha value is -3.17. The number of hydrogen-bond donors (Lipinski definition) is 0. The molecule has 0 N–H and O–H groups in total. The Labute approximate surface area is 215 Å². The number of methoxy groups -OCH3 is 2. The number of ether oxygens (including phenoxy) is 2. The molecule has 2 atom stereocenters. The molecule has 2 fully saturated rings. The van der Waals surface area contributed by atoms with Gasteiger partial charge in [0, 0.05) is 39.3 Å². The second kappa shape index (κ2) is 10.8. The van der Waals surface area contributed by atoms with Crippen molar-refractivity contribution in [3.8, 4) is 5.75 Å². The quantitative estimate of drug-likeness (QED) is 0.471. The molecule has 2 aliphatic heterocycles. The van der Waals surface area contributed by atoms with Crippen LogP contribution in [-0.2, 0) is 14.3 Å². The third-order valence-electron chi connectivity index (χ3n) is 7.16. The number of fused-ring (bicyclic) bond motifs is 1. The summed E-state index contributed by atoms with van der Waals surface area (Å²) in [6, 6.07) is 15.2. The summed E-state index contributed by atoms with van der Waals surface area (Å²) in [6.45, 7) is 4.08. The maximum absolute atomic E-state index is 13.5. The number of amides is 1. The number of rotatable bonds is 6. The molecule has 3 heterocycles. The Bertz CT molecular complexity index is 1210. The number of piperazine rings is 1. The molecule has 0 spiro atoms. The van der Waals surface area contributed by atoms with Crippen LogP contribution in [0.3, 0.4) is 0 Å². The standard InChI is InChI=1S/C27H32N4O4S/c1-34-21-10-11-22-23(17-21)36-27(28-22)31-12-6-9-20(18-31)25(32)30-15-13-29(14-16-30)24(26(33)35-2)19-7-4-3-5-8-19/h3-5,7-8,10-11,17,20,24H,6,9,12-16,18H2,1-2H3. The zero-order valence-corrected chi connectivity index (χ0v) is 21.6. The number of benzene rings is 2. The van der Waals surface area contributed by atoms with E-state index in [0.717, 1.165) is 46.0 Å². The van der Waals surface area contributed by atoms with Crippen LogP contribution < -0.4 is 9.64 Å². The van der Waals surface area contributed by atoms with Crippen LogP contribution in [0.1, 0.15) is 24.4 Å². The van der Waals surface area contributed by atoms with Crippen LogP contribution in [0.2, 0.25) is 0 Å². The van der Waals surface area contributed by atoms with Crippen molar-refractivity contribution in [2.45, 2.75) is 18.9 Å². The molecule has 0 bridgehead atoms. The number of hydrogen-bond acceptors (Lipinski definition) is 8. The van der Waals surface area contributed by atoms with Crippen molar-refractivity contribution in [3.05, 3.63) is 54.1 Å². The Morgan fingerprint density at radius 3 is 2.53 bits per heavy atom. The lowest BCUT2D eigenvalue weighted by Crippen LogP contribution is -2.54. The summed E-state index contributed by atoms with van der Waals surface area (Å²) in [6.07, 6.45) is 1.86. The zero-order chi connectivity index (χ0) is 25.1. The smallest absolute Gasteiger partial charge is 0.327 e. The summed E-state index contributed by atoms with van der Waals surface area (Å²) in [5, 5.41) is 0.962. The van der Waals surface area contributed by atoms with Crippen molar-refractivity contribution in [1.29, 1.82) is 0 Å². The number of aromatic nitrogens is 1. The molecule has 1 amide bonds. The van der Waals surface area contributed by atoms with Gasteiger partial charge in [0.05, 0.1) is 30.4 Å². The second-order valence-electron chi connectivity index (χ2n) is 9.31. The number of thiazole rings is 1. The largest absolute Gasteiger partial charge is 0.497 e. The number of piperidine rings is 1. The number of nitrogens with zero attached hydrogens (tertiary/aromatic N) is 4. The summed E-state index contributed by atoms with van der Waals surface area (Å²) in [4.78, 5) is 37.2. The second-order valence-corrected chi connectivity index (χ2v) is 10.3. The van der Waals surface area contributed by atoms with E-state index in [-0.39, 0.29) is 17.8 Å². The summed E-state index contributed by atoms with van der Waals surface area (Å²) in [5.41, 5.74) is 1.87. The van der Waals surface area contributed by atoms with Gasteiger partial charge in [-0.05, 0) is 36.6 Å². The average Bonchev–Trinajstić information content (AvgIpc) is 3.37. The zero-order valence-electron chi connectivity index (χ0n) is 20.8. The normalized spacial score (nSPS) is 19.8. The first-order valence-electron chi connectivity index (χ1n) is 12.4. The molecule has 2 aromatic carbocycles. The van der Waals surface area contributed by atoms with Gasteiger partial charge in [0.25, 0.3) is 0 Å². The van der Waals surface area contributed by atoms with E-state index in [2.05, 4.69) is 9.80 Å². The molecular formula is C27H32N4O4S. The van der Waals surface area contributed by atoms with Crippen LogP contribution in [0.4, 0.5) is 5.13 Å². The average molecular weight is 509 g/mol. The van der Waals surface area contributed by atoms with E-state index in [0.29, 0.717) is 32.7 Å². The fraction of sp³-hybridized carbons (Fsp3) is 0.444. The molecular weight excluding hydrogens is 476 g/mol. The molecule has 0 radical (unpaired) electrons. The van der Waals surface area contributed by atoms with Crippen molar-refractivity contribution in [3.63, 3.8) is 0 Å². The lowest BCUT2D eigenvalue weighted by atomic mass is 9.96. The molecule has 0 saturated carbocycles. The van der Waals surface area contributed by atoms with Gasteiger partial charge in [0.1, 0.15) is 11.8 Å². The lowest BCUT2D eigenvalue weighted by molar-refractivity contribution is -0.149. The Balaban J connectivity index is 1.22. The van der Waals surface area contributed by atoms with Crippen LogP contribution in [0.5, 0.6) is 5.75 Å². The molecule has 3 aromatic rings. The summed E-state index contributed by atoms with van der Waals surface area (Å²) in [7, 11) is 3.09. The van der Waals surface area contributed by atoms with Gasteiger partial charge in [-0.15, -0.1) is 0 Å². The molecule has 36 heavy (non-hydrogen) atoms. The van der Waals surface area contributed by atoms with Crippen LogP contribution in [-0.4, -0.2) is 80.1 Å². The van der Waals surface area contributed by atoms with Crippen LogP contribution in [0.15, 0.2) is 48.5 Å². The fourth-order valence-electron chi connectivity index (χ4n) is 5.21. The highest BCUT2D eigenvalue weighted by Crippen LogP contribution is 2.34. The first-order valence-corrected chi connectivity index (χ1v) is 13.2. The molecule has 2 saturated heterocycles. The van der Waals surface area contributed by atoms with Gasteiger partial charge in [-0.1, -0.05) is 41.7 Å². The van der Waals surface area contributed by atoms with E-state index in [9.17, 15) is 9.59 Å². The van der Waals surface area contributed by atoms with Crippen molar-refractivity contribution in [2.24, 2.45) is 5.92 Å². The number of esters is 1. The third-order valence-corrected chi connectivity index (χ3v) is 8.24. The molecule has 1 aromatic heterocycles. The van der Waals surface area contributed by atoms with E-state index in [1.165, 1.54) is 7.11 Å². The molecule has 190 valence electrons. The summed E-state index contributed by atoms with van der Waals surface area (Å²) < 4.78 is 11.5. The number of carbonyl (C=O) groups excluding carboxylic acids is 2. The lowest BCUT2D eigenvalue weighted by Gasteiger charge is -2.40. The first kappa shape index (κ1) is 24.5. The van der Waals surface area contributed by atoms with Gasteiger partial charge in [-0.25, -0.2) is 9.78 Å². The van der Waals surface area contributed by atoms with Crippen molar-refractivity contribution < 1.29 is 19.1 Å². The van der Waals surface area contributed by atoms with Gasteiger partial charge >= 0.3 is 5.97 Å². The molecule has 2 unspecified atom stereocenters. The van der Waals surface area contributed by atoms with E-state index in [1.807, 2.05) is 53.4 Å². The molecule has 5 rings (SSSR count). The van der Waals surface area contributed by atoms with E-state index < -0.39 is 6.04 Å². The Morgan fingerprint density at radius 2 is 1.81 bits per heavy atom. The highest BCUT2D eigenvalue weighted by molar-refractivity contribution is 7.22. The van der Waals surface area contributed by atoms with Crippen LogP contribution in [0, 0.1) is 5.92 Å². The van der Waals surface area contributed by atoms with E-state index in [1.54, 1.807) is 18.4 Å². The van der Waals surface area contributed by atoms with Crippen LogP contribution in [0.25, 0.3) is 10.2 Å². The van der Waals surface area contributed by atoms with E-state index >= 15 is 0 Å². The maximum atomic E-state index is 13.5. The summed E-state index contributed by atoms with van der Waals surface area (Å²) in [5.74, 6) is 0.719. The molecule has 2 aliphatic rings. The van der Waals surface area contributed by atoms with Gasteiger partial charge in [0.15, 0.2) is 5.13 Å². The van der Waals surface area contributed by atoms with Gasteiger partial charge in [-0.3, -0.25) is 9.69 Å². The maximum Gasteiger partial charge on any atom is 0.327 e. The molecule has 0 aliphatic carbocycles. The van der Waals surface area contributed by atoms with Gasteiger partial charge < -0.3 is 19.3 Å². The minimum absolute atomic E-state index is 0.0441. The predicted molar refractivity (Wildman–Crippen MR) is 140 cm³/mol. The summed E-state index contributed by atoms with van der Waals surface area (Å²) >= 11 is 1.65.